The number of fused-ring (bicyclic) bond motifs is 1. The van der Waals surface area contributed by atoms with Crippen molar-refractivity contribution in [2.45, 2.75) is 12.8 Å². The van der Waals surface area contributed by atoms with Gasteiger partial charge in [-0.1, -0.05) is 12.1 Å². The highest BCUT2D eigenvalue weighted by atomic mass is 32.1. The number of benzene rings is 2. The van der Waals surface area contributed by atoms with Gasteiger partial charge in [0.15, 0.2) is 0 Å². The molecule has 4 rings (SSSR count). The van der Waals surface area contributed by atoms with Crippen molar-refractivity contribution in [1.29, 1.82) is 5.26 Å². The summed E-state index contributed by atoms with van der Waals surface area (Å²) in [5.41, 5.74) is 7.56. The number of hydrogen-bond acceptors (Lipinski definition) is 7. The molecule has 0 amide bonds. The standard InChI is InChI=1S/C23H18N2O4S/c1-2-27-15-7-5-14(6-8-15)23(26)28-16-9-10-17-19(12-16)29-22(25)18(13-24)21(17)20-4-3-11-30-20/h3-12,21H,2,25H2,1H3. The molecular formula is C23H18N2O4S. The normalized spacial score (nSPS) is 15.0. The summed E-state index contributed by atoms with van der Waals surface area (Å²) in [6.07, 6.45) is 0. The molecule has 3 aromatic rings. The van der Waals surface area contributed by atoms with Crippen LogP contribution in [-0.4, -0.2) is 12.6 Å². The second-order valence-corrected chi connectivity index (χ2v) is 7.47. The van der Waals surface area contributed by atoms with Crippen molar-refractivity contribution in [1.82, 2.24) is 0 Å². The van der Waals surface area contributed by atoms with Gasteiger partial charge in [-0.25, -0.2) is 4.79 Å². The Bertz CT molecular complexity index is 1140. The molecule has 0 bridgehead atoms. The topological polar surface area (TPSA) is 94.6 Å². The molecule has 2 N–H and O–H groups in total. The van der Waals surface area contributed by atoms with E-state index in [-0.39, 0.29) is 11.8 Å². The number of nitrogens with zero attached hydrogens (tertiary/aromatic N) is 1. The fourth-order valence-corrected chi connectivity index (χ4v) is 4.12. The largest absolute Gasteiger partial charge is 0.494 e. The summed E-state index contributed by atoms with van der Waals surface area (Å²) < 4.78 is 16.6. The SMILES string of the molecule is CCOc1ccc(C(=O)Oc2ccc3c(c2)OC(N)=C(C#N)C3c2cccs2)cc1. The molecule has 0 aliphatic carbocycles. The average Bonchev–Trinajstić information content (AvgIpc) is 3.28. The second kappa shape index (κ2) is 8.31. The molecule has 0 spiro atoms. The van der Waals surface area contributed by atoms with E-state index in [2.05, 4.69) is 6.07 Å². The number of carbonyl (C=O) groups is 1. The first-order valence-corrected chi connectivity index (χ1v) is 10.2. The van der Waals surface area contributed by atoms with Gasteiger partial charge < -0.3 is 19.9 Å². The highest BCUT2D eigenvalue weighted by molar-refractivity contribution is 7.10. The van der Waals surface area contributed by atoms with E-state index >= 15 is 0 Å². The molecule has 150 valence electrons. The van der Waals surface area contributed by atoms with Gasteiger partial charge in [0, 0.05) is 16.5 Å². The highest BCUT2D eigenvalue weighted by Gasteiger charge is 2.31. The minimum absolute atomic E-state index is 0.0541. The fraction of sp³-hybridized carbons (Fsp3) is 0.130. The number of esters is 1. The number of nitrogens with two attached hydrogens (primary N) is 1. The summed E-state index contributed by atoms with van der Waals surface area (Å²) in [6.45, 7) is 2.45. The van der Waals surface area contributed by atoms with Crippen LogP contribution in [0.15, 0.2) is 71.4 Å². The first kappa shape index (κ1) is 19.6. The van der Waals surface area contributed by atoms with Crippen LogP contribution in [0.2, 0.25) is 0 Å². The molecule has 6 nitrogen and oxygen atoms in total. The van der Waals surface area contributed by atoms with E-state index in [9.17, 15) is 10.1 Å². The molecule has 1 aliphatic rings. The Labute approximate surface area is 177 Å². The molecule has 30 heavy (non-hydrogen) atoms. The maximum Gasteiger partial charge on any atom is 0.343 e. The first-order chi connectivity index (χ1) is 14.6. The molecule has 2 heterocycles. The van der Waals surface area contributed by atoms with Gasteiger partial charge in [-0.05, 0) is 48.7 Å². The van der Waals surface area contributed by atoms with Crippen molar-refractivity contribution in [3.8, 4) is 23.3 Å². The number of thiophene rings is 1. The molecule has 0 fully saturated rings. The van der Waals surface area contributed by atoms with Gasteiger partial charge in [0.25, 0.3) is 0 Å². The van der Waals surface area contributed by atoms with Crippen LogP contribution in [0.4, 0.5) is 0 Å². The zero-order chi connectivity index (χ0) is 21.1. The maximum atomic E-state index is 12.5. The Balaban J connectivity index is 1.60. The van der Waals surface area contributed by atoms with Crippen LogP contribution in [0.1, 0.15) is 33.6 Å². The van der Waals surface area contributed by atoms with Crippen LogP contribution in [-0.2, 0) is 0 Å². The molecule has 0 saturated heterocycles. The summed E-state index contributed by atoms with van der Waals surface area (Å²) >= 11 is 1.54. The van der Waals surface area contributed by atoms with Gasteiger partial charge in [-0.15, -0.1) is 11.3 Å². The van der Waals surface area contributed by atoms with Crippen molar-refractivity contribution in [2.24, 2.45) is 5.73 Å². The van der Waals surface area contributed by atoms with E-state index in [0.717, 1.165) is 10.4 Å². The quantitative estimate of drug-likeness (QED) is 0.481. The number of ether oxygens (including phenoxy) is 3. The molecule has 0 saturated carbocycles. The zero-order valence-electron chi connectivity index (χ0n) is 16.1. The van der Waals surface area contributed by atoms with E-state index < -0.39 is 5.97 Å². The lowest BCUT2D eigenvalue weighted by Gasteiger charge is -2.25. The van der Waals surface area contributed by atoms with Crippen LogP contribution in [0.3, 0.4) is 0 Å². The average molecular weight is 418 g/mol. The van der Waals surface area contributed by atoms with Crippen molar-refractivity contribution in [3.05, 3.63) is 87.4 Å². The van der Waals surface area contributed by atoms with E-state index in [1.54, 1.807) is 42.5 Å². The molecule has 1 atom stereocenters. The van der Waals surface area contributed by atoms with E-state index in [1.807, 2.05) is 24.4 Å². The molecule has 7 heteroatoms. The summed E-state index contributed by atoms with van der Waals surface area (Å²) in [5, 5.41) is 11.5. The Morgan fingerprint density at radius 1 is 1.20 bits per heavy atom. The first-order valence-electron chi connectivity index (χ1n) is 9.30. The molecule has 2 aromatic carbocycles. The Morgan fingerprint density at radius 3 is 2.63 bits per heavy atom. The smallest absolute Gasteiger partial charge is 0.343 e. The zero-order valence-corrected chi connectivity index (χ0v) is 16.9. The maximum absolute atomic E-state index is 12.5. The van der Waals surface area contributed by atoms with Gasteiger partial charge in [0.05, 0.1) is 18.1 Å². The summed E-state index contributed by atoms with van der Waals surface area (Å²) in [7, 11) is 0. The highest BCUT2D eigenvalue weighted by Crippen LogP contribution is 2.44. The number of allylic oxidation sites excluding steroid dienone is 1. The monoisotopic (exact) mass is 418 g/mol. The van der Waals surface area contributed by atoms with Crippen molar-refractivity contribution < 1.29 is 19.0 Å². The Morgan fingerprint density at radius 2 is 1.97 bits per heavy atom. The summed E-state index contributed by atoms with van der Waals surface area (Å²) in [4.78, 5) is 13.5. The van der Waals surface area contributed by atoms with Crippen LogP contribution < -0.4 is 19.9 Å². The minimum atomic E-state index is -0.496. The predicted molar refractivity (Wildman–Crippen MR) is 113 cm³/mol. The van der Waals surface area contributed by atoms with E-state index in [4.69, 9.17) is 19.9 Å². The Hall–Kier alpha value is -3.76. The third-order valence-electron chi connectivity index (χ3n) is 4.63. The van der Waals surface area contributed by atoms with E-state index in [1.165, 1.54) is 11.3 Å². The lowest BCUT2D eigenvalue weighted by molar-refractivity contribution is 0.0734. The van der Waals surface area contributed by atoms with Gasteiger partial charge in [-0.3, -0.25) is 0 Å². The summed E-state index contributed by atoms with van der Waals surface area (Å²) in [5.74, 6) is 0.719. The number of rotatable bonds is 5. The third-order valence-corrected chi connectivity index (χ3v) is 5.57. The molecule has 1 aliphatic heterocycles. The van der Waals surface area contributed by atoms with Crippen LogP contribution >= 0.6 is 11.3 Å². The van der Waals surface area contributed by atoms with Crippen LogP contribution in [0, 0.1) is 11.3 Å². The van der Waals surface area contributed by atoms with Crippen molar-refractivity contribution in [3.63, 3.8) is 0 Å². The molecule has 1 aromatic heterocycles. The lowest BCUT2D eigenvalue weighted by Crippen LogP contribution is -2.20. The fourth-order valence-electron chi connectivity index (χ4n) is 3.27. The van der Waals surface area contributed by atoms with Crippen LogP contribution in [0.5, 0.6) is 17.2 Å². The van der Waals surface area contributed by atoms with Gasteiger partial charge in [0.1, 0.15) is 28.9 Å². The predicted octanol–water partition coefficient (Wildman–Crippen LogP) is 4.58. The lowest BCUT2D eigenvalue weighted by atomic mass is 9.88. The number of carbonyl (C=O) groups excluding carboxylic acids is 1. The minimum Gasteiger partial charge on any atom is -0.494 e. The van der Waals surface area contributed by atoms with Crippen molar-refractivity contribution >= 4 is 17.3 Å². The second-order valence-electron chi connectivity index (χ2n) is 6.49. The number of hydrogen-bond donors (Lipinski definition) is 1. The van der Waals surface area contributed by atoms with Crippen LogP contribution in [0.25, 0.3) is 0 Å². The number of nitriles is 1. The molecule has 0 radical (unpaired) electrons. The van der Waals surface area contributed by atoms with E-state index in [0.29, 0.717) is 35.0 Å². The summed E-state index contributed by atoms with van der Waals surface area (Å²) in [6, 6.07) is 17.9. The van der Waals surface area contributed by atoms with Gasteiger partial charge in [-0.2, -0.15) is 5.26 Å². The molecular weight excluding hydrogens is 400 g/mol. The molecule has 1 unspecified atom stereocenters. The van der Waals surface area contributed by atoms with Gasteiger partial charge >= 0.3 is 5.97 Å². The Kier molecular flexibility index (Phi) is 5.42. The third kappa shape index (κ3) is 3.73. The van der Waals surface area contributed by atoms with Gasteiger partial charge in [0.2, 0.25) is 5.88 Å². The van der Waals surface area contributed by atoms with Crippen molar-refractivity contribution in [2.75, 3.05) is 6.61 Å².